The number of hydrogen-bond donors (Lipinski definition) is 1. The van der Waals surface area contributed by atoms with Gasteiger partial charge in [0.15, 0.2) is 0 Å². The third-order valence-corrected chi connectivity index (χ3v) is 7.68. The van der Waals surface area contributed by atoms with Crippen molar-refractivity contribution in [3.05, 3.63) is 84.6 Å². The van der Waals surface area contributed by atoms with Gasteiger partial charge in [-0.05, 0) is 35.7 Å². The summed E-state index contributed by atoms with van der Waals surface area (Å²) in [5, 5.41) is 12.8. The minimum absolute atomic E-state index is 0. The summed E-state index contributed by atoms with van der Waals surface area (Å²) in [5.41, 5.74) is 3.19. The molecule has 3 aliphatic heterocycles. The van der Waals surface area contributed by atoms with E-state index in [0.717, 1.165) is 52.8 Å². The summed E-state index contributed by atoms with van der Waals surface area (Å²) in [7, 11) is 1.68. The molecule has 3 fully saturated rings. The van der Waals surface area contributed by atoms with Crippen LogP contribution in [0.1, 0.15) is 30.1 Å². The molecule has 4 nitrogen and oxygen atoms in total. The van der Waals surface area contributed by atoms with Gasteiger partial charge >= 0.3 is 0 Å². The Morgan fingerprint density at radius 1 is 1.22 bits per heavy atom. The van der Waals surface area contributed by atoms with Gasteiger partial charge in [-0.15, -0.1) is 6.58 Å². The van der Waals surface area contributed by atoms with Crippen molar-refractivity contribution in [2.24, 2.45) is 11.8 Å². The van der Waals surface area contributed by atoms with Crippen molar-refractivity contribution in [2.45, 2.75) is 31.5 Å². The van der Waals surface area contributed by atoms with Gasteiger partial charge in [0.05, 0.1) is 25.7 Å². The number of methoxy groups -OCH3 is 1. The highest BCUT2D eigenvalue weighted by atomic mass is 35.5. The Bertz CT molecular complexity index is 1090. The summed E-state index contributed by atoms with van der Waals surface area (Å²) in [6.07, 6.45) is 5.65. The normalized spacial score (nSPS) is 27.5. The number of nitrogens with zero attached hydrogens (tertiary/aromatic N) is 2. The quantitative estimate of drug-likeness (QED) is 0.460. The second-order valence-electron chi connectivity index (χ2n) is 9.25. The van der Waals surface area contributed by atoms with E-state index in [9.17, 15) is 5.11 Å². The van der Waals surface area contributed by atoms with Crippen LogP contribution in [-0.2, 0) is 6.54 Å². The van der Waals surface area contributed by atoms with Crippen LogP contribution in [0.15, 0.2) is 73.4 Å². The molecule has 5 atom stereocenters. The summed E-state index contributed by atoms with van der Waals surface area (Å²) < 4.78 is 6.38. The lowest BCUT2D eigenvalue weighted by Crippen LogP contribution is -3.00. The summed E-state index contributed by atoms with van der Waals surface area (Å²) in [5.74, 6) is 1.92. The van der Waals surface area contributed by atoms with Crippen LogP contribution in [0.4, 0.5) is 0 Å². The molecule has 1 aromatic heterocycles. The molecule has 0 radical (unpaired) electrons. The number of quaternary nitrogens is 1. The van der Waals surface area contributed by atoms with Crippen LogP contribution in [0, 0.1) is 11.8 Å². The van der Waals surface area contributed by atoms with Gasteiger partial charge < -0.3 is 26.7 Å². The maximum Gasteiger partial charge on any atom is 0.131 e. The molecule has 4 heterocycles. The van der Waals surface area contributed by atoms with Crippen LogP contribution in [-0.4, -0.2) is 40.8 Å². The summed E-state index contributed by atoms with van der Waals surface area (Å²) >= 11 is 0. The molecule has 168 valence electrons. The third kappa shape index (κ3) is 3.92. The molecule has 4 unspecified atom stereocenters. The van der Waals surface area contributed by atoms with E-state index in [1.807, 2.05) is 30.5 Å². The van der Waals surface area contributed by atoms with Crippen molar-refractivity contribution in [3.8, 4) is 5.75 Å². The van der Waals surface area contributed by atoms with E-state index in [-0.39, 0.29) is 18.4 Å². The summed E-state index contributed by atoms with van der Waals surface area (Å²) in [6, 6.07) is 18.8. The largest absolute Gasteiger partial charge is 1.00 e. The predicted octanol–water partition coefficient (Wildman–Crippen LogP) is 1.89. The Kier molecular flexibility index (Phi) is 6.57. The van der Waals surface area contributed by atoms with Crippen molar-refractivity contribution in [3.63, 3.8) is 0 Å². The molecule has 3 saturated heterocycles. The van der Waals surface area contributed by atoms with Crippen LogP contribution in [0.2, 0.25) is 0 Å². The first kappa shape index (κ1) is 22.8. The number of ether oxygens (including phenoxy) is 1. The molecule has 2 bridgehead atoms. The first-order valence-corrected chi connectivity index (χ1v) is 11.3. The lowest BCUT2D eigenvalue weighted by molar-refractivity contribution is -0.984. The lowest BCUT2D eigenvalue weighted by Gasteiger charge is -2.58. The molecule has 2 aromatic carbocycles. The first-order chi connectivity index (χ1) is 15.1. The Labute approximate surface area is 196 Å². The molecule has 0 aliphatic carbocycles. The molecular formula is C27H31ClN2O2. The van der Waals surface area contributed by atoms with Gasteiger partial charge in [0.25, 0.3) is 0 Å². The topological polar surface area (TPSA) is 42.4 Å². The van der Waals surface area contributed by atoms with E-state index in [2.05, 4.69) is 48.0 Å². The summed E-state index contributed by atoms with van der Waals surface area (Å²) in [6.45, 7) is 7.25. The maximum absolute atomic E-state index is 11.8. The van der Waals surface area contributed by atoms with Crippen molar-refractivity contribution >= 4 is 10.9 Å². The Hall–Kier alpha value is -2.40. The van der Waals surface area contributed by atoms with Crippen molar-refractivity contribution in [1.29, 1.82) is 0 Å². The number of pyridine rings is 1. The minimum atomic E-state index is -0.546. The van der Waals surface area contributed by atoms with Gasteiger partial charge in [0.1, 0.15) is 24.4 Å². The zero-order chi connectivity index (χ0) is 21.4. The van der Waals surface area contributed by atoms with Crippen molar-refractivity contribution in [1.82, 2.24) is 4.98 Å². The number of aromatic nitrogens is 1. The first-order valence-electron chi connectivity index (χ1n) is 11.3. The fourth-order valence-corrected chi connectivity index (χ4v) is 6.07. The molecule has 0 amide bonds. The number of fused-ring (bicyclic) bond motifs is 4. The number of rotatable bonds is 6. The minimum Gasteiger partial charge on any atom is -1.00 e. The van der Waals surface area contributed by atoms with Gasteiger partial charge in [-0.25, -0.2) is 0 Å². The van der Waals surface area contributed by atoms with Crippen LogP contribution in [0.25, 0.3) is 10.9 Å². The van der Waals surface area contributed by atoms with Crippen LogP contribution in [0.3, 0.4) is 0 Å². The van der Waals surface area contributed by atoms with Gasteiger partial charge in [0.2, 0.25) is 0 Å². The zero-order valence-corrected chi connectivity index (χ0v) is 19.3. The van der Waals surface area contributed by atoms with Gasteiger partial charge in [-0.3, -0.25) is 4.98 Å². The highest BCUT2D eigenvalue weighted by Crippen LogP contribution is 2.48. The van der Waals surface area contributed by atoms with E-state index in [0.29, 0.717) is 11.8 Å². The highest BCUT2D eigenvalue weighted by molar-refractivity contribution is 5.83. The molecule has 1 N–H and O–H groups in total. The maximum atomic E-state index is 11.8. The highest BCUT2D eigenvalue weighted by Gasteiger charge is 2.53. The SMILES string of the molecule is C=CC1C[N+]2(Cc3ccccc3)CCC1CC2[C@H](O)c1ccnc2ccc(OC)cc12.[Cl-]. The molecule has 0 spiro atoms. The van der Waals surface area contributed by atoms with Crippen LogP contribution >= 0.6 is 0 Å². The van der Waals surface area contributed by atoms with Gasteiger partial charge in [-0.1, -0.05) is 36.4 Å². The van der Waals surface area contributed by atoms with E-state index in [1.165, 1.54) is 12.0 Å². The number of piperidine rings is 3. The molecule has 0 saturated carbocycles. The molecular weight excluding hydrogens is 420 g/mol. The third-order valence-electron chi connectivity index (χ3n) is 7.68. The Morgan fingerprint density at radius 3 is 2.78 bits per heavy atom. The second kappa shape index (κ2) is 9.22. The monoisotopic (exact) mass is 450 g/mol. The van der Waals surface area contributed by atoms with E-state index < -0.39 is 6.10 Å². The molecule has 3 aromatic rings. The second-order valence-corrected chi connectivity index (χ2v) is 9.25. The molecule has 6 rings (SSSR count). The standard InChI is InChI=1S/C27H31N2O2.ClH/c1-3-20-18-29(17-19-7-5-4-6-8-19)14-12-21(20)15-26(29)27(30)23-11-13-28-25-10-9-22(31-2)16-24(23)25;/h3-11,13,16,20-21,26-27,30H,1,12,14-15,17-18H2,2H3;1H/q+1;/p-1/t20?,21?,26?,27-,29?;/m1./s1. The van der Waals surface area contributed by atoms with E-state index >= 15 is 0 Å². The van der Waals surface area contributed by atoms with Gasteiger partial charge in [0, 0.05) is 35.9 Å². The summed E-state index contributed by atoms with van der Waals surface area (Å²) in [4.78, 5) is 4.52. The number of aliphatic hydroxyl groups is 1. The smallest absolute Gasteiger partial charge is 0.131 e. The number of hydrogen-bond acceptors (Lipinski definition) is 3. The van der Waals surface area contributed by atoms with E-state index in [1.54, 1.807) is 7.11 Å². The predicted molar refractivity (Wildman–Crippen MR) is 124 cm³/mol. The van der Waals surface area contributed by atoms with Gasteiger partial charge in [-0.2, -0.15) is 0 Å². The fourth-order valence-electron chi connectivity index (χ4n) is 6.07. The zero-order valence-electron chi connectivity index (χ0n) is 18.5. The Balaban J connectivity index is 0.00000245. The van der Waals surface area contributed by atoms with E-state index in [4.69, 9.17) is 4.74 Å². The number of aliphatic hydroxyl groups excluding tert-OH is 1. The van der Waals surface area contributed by atoms with Crippen molar-refractivity contribution < 1.29 is 26.7 Å². The number of halogens is 1. The molecule has 5 heteroatoms. The van der Waals surface area contributed by atoms with Crippen LogP contribution < -0.4 is 17.1 Å². The van der Waals surface area contributed by atoms with Crippen LogP contribution in [0.5, 0.6) is 5.75 Å². The Morgan fingerprint density at radius 2 is 2.03 bits per heavy atom. The molecule has 32 heavy (non-hydrogen) atoms. The average molecular weight is 451 g/mol. The van der Waals surface area contributed by atoms with Crippen molar-refractivity contribution in [2.75, 3.05) is 20.2 Å². The average Bonchev–Trinajstić information content (AvgIpc) is 2.83. The fraction of sp³-hybridized carbons (Fsp3) is 0.370. The molecule has 3 aliphatic rings. The number of benzene rings is 2. The lowest BCUT2D eigenvalue weighted by atomic mass is 9.71.